The summed E-state index contributed by atoms with van der Waals surface area (Å²) in [7, 11) is 1.66. The number of ether oxygens (including phenoxy) is 1. The van der Waals surface area contributed by atoms with Gasteiger partial charge in [0, 0.05) is 24.8 Å². The van der Waals surface area contributed by atoms with E-state index in [9.17, 15) is 0 Å². The highest BCUT2D eigenvalue weighted by atomic mass is 16.5. The van der Waals surface area contributed by atoms with E-state index in [1.165, 1.54) is 0 Å². The number of nitrogen functional groups attached to an aromatic ring is 1. The molecule has 1 aromatic heterocycles. The maximum absolute atomic E-state index is 5.86. The molecule has 0 bridgehead atoms. The number of nitrogens with zero attached hydrogens (tertiary/aromatic N) is 2. The van der Waals surface area contributed by atoms with Gasteiger partial charge < -0.3 is 15.0 Å². The summed E-state index contributed by atoms with van der Waals surface area (Å²) >= 11 is 0. The molecule has 0 saturated carbocycles. The monoisotopic (exact) mass is 247 g/mol. The predicted molar refractivity (Wildman–Crippen MR) is 69.1 cm³/mol. The highest BCUT2D eigenvalue weighted by Gasteiger charge is 2.13. The highest BCUT2D eigenvalue weighted by Crippen LogP contribution is 2.25. The molecule has 96 valence electrons. The van der Waals surface area contributed by atoms with Crippen LogP contribution in [0.25, 0.3) is 11.5 Å². The third-order valence-electron chi connectivity index (χ3n) is 2.95. The van der Waals surface area contributed by atoms with Gasteiger partial charge in [0.2, 0.25) is 0 Å². The lowest BCUT2D eigenvalue weighted by Gasteiger charge is -2.04. The second kappa shape index (κ2) is 5.18. The molecule has 0 amide bonds. The summed E-state index contributed by atoms with van der Waals surface area (Å²) in [6.45, 7) is 3.90. The van der Waals surface area contributed by atoms with Crippen molar-refractivity contribution < 1.29 is 9.26 Å². The van der Waals surface area contributed by atoms with Crippen molar-refractivity contribution in [3.05, 3.63) is 29.6 Å². The van der Waals surface area contributed by atoms with E-state index in [1.54, 1.807) is 7.11 Å². The van der Waals surface area contributed by atoms with E-state index in [0.29, 0.717) is 18.1 Å². The van der Waals surface area contributed by atoms with Crippen molar-refractivity contribution >= 4 is 5.69 Å². The summed E-state index contributed by atoms with van der Waals surface area (Å²) in [4.78, 5) is 4.36. The van der Waals surface area contributed by atoms with Gasteiger partial charge in [0.1, 0.15) is 0 Å². The van der Waals surface area contributed by atoms with Crippen LogP contribution in [-0.2, 0) is 11.2 Å². The standard InChI is InChI=1S/C13H17N3O2/c1-8(17-3)7-12-15-13(18-16-12)10-5-4-6-11(14)9(10)2/h4-6,8H,7,14H2,1-3H3. The zero-order valence-corrected chi connectivity index (χ0v) is 10.8. The lowest BCUT2D eigenvalue weighted by atomic mass is 10.1. The van der Waals surface area contributed by atoms with E-state index in [2.05, 4.69) is 10.1 Å². The summed E-state index contributed by atoms with van der Waals surface area (Å²) in [5, 5.41) is 3.94. The molecular formula is C13H17N3O2. The summed E-state index contributed by atoms with van der Waals surface area (Å²) < 4.78 is 10.4. The third-order valence-corrected chi connectivity index (χ3v) is 2.95. The first-order chi connectivity index (χ1) is 8.61. The molecule has 1 unspecified atom stereocenters. The molecule has 0 aliphatic heterocycles. The Morgan fingerprint density at radius 1 is 1.44 bits per heavy atom. The molecule has 1 heterocycles. The smallest absolute Gasteiger partial charge is 0.258 e. The van der Waals surface area contributed by atoms with Gasteiger partial charge in [-0.3, -0.25) is 0 Å². The lowest BCUT2D eigenvalue weighted by Crippen LogP contribution is -2.09. The van der Waals surface area contributed by atoms with Gasteiger partial charge in [-0.1, -0.05) is 11.2 Å². The van der Waals surface area contributed by atoms with E-state index in [0.717, 1.165) is 16.8 Å². The highest BCUT2D eigenvalue weighted by molar-refractivity contribution is 5.66. The molecule has 2 rings (SSSR count). The van der Waals surface area contributed by atoms with Crippen molar-refractivity contribution in [2.75, 3.05) is 12.8 Å². The molecule has 5 nitrogen and oxygen atoms in total. The number of hydrogen-bond acceptors (Lipinski definition) is 5. The van der Waals surface area contributed by atoms with Crippen LogP contribution in [-0.4, -0.2) is 23.4 Å². The number of aromatic nitrogens is 2. The van der Waals surface area contributed by atoms with Crippen LogP contribution in [0.4, 0.5) is 5.69 Å². The number of anilines is 1. The van der Waals surface area contributed by atoms with Crippen LogP contribution in [0.15, 0.2) is 22.7 Å². The first-order valence-electron chi connectivity index (χ1n) is 5.82. The van der Waals surface area contributed by atoms with E-state index in [-0.39, 0.29) is 6.10 Å². The number of methoxy groups -OCH3 is 1. The fraction of sp³-hybridized carbons (Fsp3) is 0.385. The zero-order chi connectivity index (χ0) is 13.1. The first kappa shape index (κ1) is 12.6. The summed E-state index contributed by atoms with van der Waals surface area (Å²) in [6.07, 6.45) is 0.693. The van der Waals surface area contributed by atoms with E-state index in [1.807, 2.05) is 32.0 Å². The Morgan fingerprint density at radius 2 is 2.22 bits per heavy atom. The SMILES string of the molecule is COC(C)Cc1noc(-c2cccc(N)c2C)n1. The molecule has 1 atom stereocenters. The zero-order valence-electron chi connectivity index (χ0n) is 10.8. The van der Waals surface area contributed by atoms with Crippen LogP contribution in [0.1, 0.15) is 18.3 Å². The van der Waals surface area contributed by atoms with Crippen LogP contribution in [0.3, 0.4) is 0 Å². The average molecular weight is 247 g/mol. The minimum absolute atomic E-state index is 0.0670. The molecule has 18 heavy (non-hydrogen) atoms. The van der Waals surface area contributed by atoms with Gasteiger partial charge in [-0.15, -0.1) is 0 Å². The molecule has 2 N–H and O–H groups in total. The molecule has 5 heteroatoms. The molecule has 0 spiro atoms. The van der Waals surface area contributed by atoms with Gasteiger partial charge in [-0.2, -0.15) is 4.98 Å². The van der Waals surface area contributed by atoms with Crippen LogP contribution in [0.5, 0.6) is 0 Å². The van der Waals surface area contributed by atoms with Crippen molar-refractivity contribution in [1.82, 2.24) is 10.1 Å². The van der Waals surface area contributed by atoms with Crippen molar-refractivity contribution in [3.63, 3.8) is 0 Å². The van der Waals surface area contributed by atoms with Gasteiger partial charge in [0.15, 0.2) is 5.82 Å². The molecule has 1 aromatic carbocycles. The lowest BCUT2D eigenvalue weighted by molar-refractivity contribution is 0.116. The Balaban J connectivity index is 2.27. The Hall–Kier alpha value is -1.88. The van der Waals surface area contributed by atoms with Crippen molar-refractivity contribution in [2.45, 2.75) is 26.4 Å². The van der Waals surface area contributed by atoms with Crippen molar-refractivity contribution in [2.24, 2.45) is 0 Å². The Morgan fingerprint density at radius 3 is 2.94 bits per heavy atom. The van der Waals surface area contributed by atoms with E-state index < -0.39 is 0 Å². The summed E-state index contributed by atoms with van der Waals surface area (Å²) in [6, 6.07) is 5.64. The van der Waals surface area contributed by atoms with Crippen LogP contribution >= 0.6 is 0 Å². The topological polar surface area (TPSA) is 74.2 Å². The maximum atomic E-state index is 5.86. The molecule has 0 aliphatic carbocycles. The third kappa shape index (κ3) is 2.51. The van der Waals surface area contributed by atoms with Gasteiger partial charge in [-0.25, -0.2) is 0 Å². The van der Waals surface area contributed by atoms with E-state index >= 15 is 0 Å². The van der Waals surface area contributed by atoms with E-state index in [4.69, 9.17) is 15.0 Å². The van der Waals surface area contributed by atoms with Crippen molar-refractivity contribution in [1.29, 1.82) is 0 Å². The van der Waals surface area contributed by atoms with Crippen LogP contribution in [0.2, 0.25) is 0 Å². The van der Waals surface area contributed by atoms with Gasteiger partial charge >= 0.3 is 0 Å². The Kier molecular flexibility index (Phi) is 3.62. The Bertz CT molecular complexity index is 537. The fourth-order valence-electron chi connectivity index (χ4n) is 1.67. The van der Waals surface area contributed by atoms with Gasteiger partial charge in [-0.05, 0) is 31.5 Å². The number of hydrogen-bond donors (Lipinski definition) is 1. The van der Waals surface area contributed by atoms with Crippen LogP contribution < -0.4 is 5.73 Å². The molecular weight excluding hydrogens is 230 g/mol. The number of benzene rings is 1. The fourth-order valence-corrected chi connectivity index (χ4v) is 1.67. The van der Waals surface area contributed by atoms with Crippen LogP contribution in [0, 0.1) is 6.92 Å². The Labute approximate surface area is 106 Å². The quantitative estimate of drug-likeness (QED) is 0.838. The van der Waals surface area contributed by atoms with Gasteiger partial charge in [0.05, 0.1) is 6.10 Å². The summed E-state index contributed by atoms with van der Waals surface area (Å²) in [5.41, 5.74) is 8.40. The van der Waals surface area contributed by atoms with Crippen molar-refractivity contribution in [3.8, 4) is 11.5 Å². The minimum Gasteiger partial charge on any atom is -0.398 e. The molecule has 0 radical (unpaired) electrons. The largest absolute Gasteiger partial charge is 0.398 e. The minimum atomic E-state index is 0.0670. The normalized spacial score (nSPS) is 12.6. The second-order valence-electron chi connectivity index (χ2n) is 4.29. The number of rotatable bonds is 4. The molecule has 2 aromatic rings. The molecule has 0 fully saturated rings. The second-order valence-corrected chi connectivity index (χ2v) is 4.29. The average Bonchev–Trinajstić information content (AvgIpc) is 2.80. The summed E-state index contributed by atoms with van der Waals surface area (Å²) in [5.74, 6) is 1.14. The number of nitrogens with two attached hydrogens (primary N) is 1. The molecule has 0 saturated heterocycles. The predicted octanol–water partition coefficient (Wildman–Crippen LogP) is 2.20. The maximum Gasteiger partial charge on any atom is 0.258 e. The van der Waals surface area contributed by atoms with Gasteiger partial charge in [0.25, 0.3) is 5.89 Å². The first-order valence-corrected chi connectivity index (χ1v) is 5.82. The molecule has 0 aliphatic rings.